The maximum Gasteiger partial charge on any atom is 0.255 e. The minimum atomic E-state index is -1.57. The molecule has 48 valence electrons. The van der Waals surface area contributed by atoms with Gasteiger partial charge < -0.3 is 9.53 Å². The van der Waals surface area contributed by atoms with Gasteiger partial charge >= 0.3 is 0 Å². The zero-order valence-corrected chi connectivity index (χ0v) is 6.56. The molecule has 0 bridgehead atoms. The van der Waals surface area contributed by atoms with Gasteiger partial charge in [-0.25, -0.2) is 0 Å². The van der Waals surface area contributed by atoms with Gasteiger partial charge in [-0.1, -0.05) is 0 Å². The van der Waals surface area contributed by atoms with E-state index in [0.717, 1.165) is 0 Å². The van der Waals surface area contributed by atoms with Crippen molar-refractivity contribution in [3.8, 4) is 0 Å². The van der Waals surface area contributed by atoms with Crippen molar-refractivity contribution in [2.75, 3.05) is 0 Å². The molecule has 0 aromatic heterocycles. The molecule has 0 saturated carbocycles. The Bertz CT molecular complexity index is 93.1. The molecule has 8 heavy (non-hydrogen) atoms. The van der Waals surface area contributed by atoms with Crippen LogP contribution in [0.4, 0.5) is 0 Å². The maximum atomic E-state index is 8.51. The Balaban J connectivity index is 3.55. The van der Waals surface area contributed by atoms with Gasteiger partial charge in [0.15, 0.2) is 0 Å². The van der Waals surface area contributed by atoms with E-state index in [1.165, 1.54) is 0 Å². The molecule has 0 amide bonds. The summed E-state index contributed by atoms with van der Waals surface area (Å²) in [5.41, 5.74) is 0. The molecular weight excluding hydrogens is 120 g/mol. The maximum absolute atomic E-state index is 8.51. The number of rotatable bonds is 2. The first kappa shape index (κ1) is 7.56. The van der Waals surface area contributed by atoms with E-state index in [9.17, 15) is 0 Å². The predicted octanol–water partition coefficient (Wildman–Crippen LogP) is 1.87. The molecule has 3 heteroatoms. The van der Waals surface area contributed by atoms with Gasteiger partial charge in [0, 0.05) is 0 Å². The Labute approximate surface area is 50.9 Å². The van der Waals surface area contributed by atoms with Crippen molar-refractivity contribution in [3.63, 3.8) is 0 Å². The van der Waals surface area contributed by atoms with Crippen LogP contribution in [-0.2, 0) is 4.43 Å². The summed E-state index contributed by atoms with van der Waals surface area (Å²) in [6, 6.07) is 0. The molecule has 0 radical (unpaired) electrons. The van der Waals surface area contributed by atoms with Gasteiger partial charge in [-0.05, 0) is 26.2 Å². The van der Waals surface area contributed by atoms with E-state index in [0.29, 0.717) is 0 Å². The smallest absolute Gasteiger partial charge is 0.255 e. The first-order valence-electron chi connectivity index (χ1n) is 2.49. The molecule has 2 nitrogen and oxygen atoms in total. The summed E-state index contributed by atoms with van der Waals surface area (Å²) >= 11 is 0. The molecule has 0 atom stereocenters. The van der Waals surface area contributed by atoms with Crippen LogP contribution in [0.25, 0.3) is 0 Å². The topological polar surface area (TPSA) is 29.5 Å². The van der Waals surface area contributed by atoms with Crippen molar-refractivity contribution in [1.82, 2.24) is 0 Å². The molecule has 0 aliphatic carbocycles. The van der Waals surface area contributed by atoms with Crippen LogP contribution in [0.1, 0.15) is 0 Å². The van der Waals surface area contributed by atoms with E-state index >= 15 is 0 Å². The zero-order valence-electron chi connectivity index (χ0n) is 5.56. The quantitative estimate of drug-likeness (QED) is 0.459. The molecule has 0 aliphatic rings. The first-order valence-corrected chi connectivity index (χ1v) is 5.89. The largest absolute Gasteiger partial charge is 0.520 e. The Morgan fingerprint density at radius 3 is 1.88 bits per heavy atom. The molecule has 0 aromatic rings. The lowest BCUT2D eigenvalue weighted by Gasteiger charge is -2.16. The van der Waals surface area contributed by atoms with Gasteiger partial charge in [0.05, 0.1) is 0 Å². The second-order valence-corrected chi connectivity index (χ2v) is 7.04. The molecule has 0 aromatic carbocycles. The highest BCUT2D eigenvalue weighted by Crippen LogP contribution is 2.05. The number of hydrogen-bond donors (Lipinski definition) is 1. The molecule has 0 unspecified atom stereocenters. The van der Waals surface area contributed by atoms with Crippen molar-refractivity contribution >= 4 is 8.32 Å². The summed E-state index contributed by atoms with van der Waals surface area (Å²) in [5, 5.41) is 8.51. The van der Waals surface area contributed by atoms with Crippen LogP contribution in [0, 0.1) is 0 Å². The summed E-state index contributed by atoms with van der Waals surface area (Å²) in [6.45, 7) is 9.15. The van der Waals surface area contributed by atoms with Gasteiger partial charge in [0.25, 0.3) is 5.95 Å². The average Bonchev–Trinajstić information content (AvgIpc) is 1.21. The van der Waals surface area contributed by atoms with Crippen LogP contribution >= 0.6 is 0 Å². The fourth-order valence-corrected chi connectivity index (χ4v) is 1.06. The Morgan fingerprint density at radius 1 is 1.50 bits per heavy atom. The minimum absolute atomic E-state index is 0.163. The lowest BCUT2D eigenvalue weighted by atomic mass is 11.1. The third-order valence-electron chi connectivity index (χ3n) is 0.424. The van der Waals surface area contributed by atoms with Crippen molar-refractivity contribution in [2.45, 2.75) is 19.6 Å². The van der Waals surface area contributed by atoms with Crippen molar-refractivity contribution in [3.05, 3.63) is 12.5 Å². The monoisotopic (exact) mass is 132 g/mol. The first-order chi connectivity index (χ1) is 3.42. The van der Waals surface area contributed by atoms with Crippen LogP contribution in [0.2, 0.25) is 19.6 Å². The highest BCUT2D eigenvalue weighted by atomic mass is 28.4. The molecule has 1 N–H and O–H groups in total. The third kappa shape index (κ3) is 5.56. The average molecular weight is 132 g/mol. The van der Waals surface area contributed by atoms with E-state index in [4.69, 9.17) is 9.53 Å². The van der Waals surface area contributed by atoms with Crippen molar-refractivity contribution < 1.29 is 9.53 Å². The molecular formula is C5H12O2Si. The standard InChI is InChI=1S/C5H12O2Si/c1-5(6)7-8(2,3)4/h6H,1H2,2-4H3. The van der Waals surface area contributed by atoms with Crippen LogP contribution in [0.5, 0.6) is 0 Å². The lowest BCUT2D eigenvalue weighted by molar-refractivity contribution is 0.207. The molecule has 0 saturated heterocycles. The van der Waals surface area contributed by atoms with Gasteiger partial charge in [-0.15, -0.1) is 0 Å². The fraction of sp³-hybridized carbons (Fsp3) is 0.600. The second kappa shape index (κ2) is 2.22. The Morgan fingerprint density at radius 2 is 1.88 bits per heavy atom. The van der Waals surface area contributed by atoms with Crippen LogP contribution in [0.15, 0.2) is 12.5 Å². The number of aliphatic hydroxyl groups is 1. The van der Waals surface area contributed by atoms with Crippen molar-refractivity contribution in [1.29, 1.82) is 0 Å². The SMILES string of the molecule is C=C(O)O[Si](C)(C)C. The van der Waals surface area contributed by atoms with Crippen molar-refractivity contribution in [2.24, 2.45) is 0 Å². The normalized spacial score (nSPS) is 10.9. The van der Waals surface area contributed by atoms with Crippen LogP contribution in [0.3, 0.4) is 0 Å². The van der Waals surface area contributed by atoms with Gasteiger partial charge in [-0.3, -0.25) is 0 Å². The highest BCUT2D eigenvalue weighted by molar-refractivity contribution is 6.69. The zero-order chi connectivity index (χ0) is 6.78. The summed E-state index contributed by atoms with van der Waals surface area (Å²) in [4.78, 5) is 0. The summed E-state index contributed by atoms with van der Waals surface area (Å²) in [7, 11) is -1.57. The highest BCUT2D eigenvalue weighted by Gasteiger charge is 2.15. The molecule has 0 rings (SSSR count). The summed E-state index contributed by atoms with van der Waals surface area (Å²) in [5.74, 6) is -0.163. The van der Waals surface area contributed by atoms with E-state index in [-0.39, 0.29) is 5.95 Å². The van der Waals surface area contributed by atoms with E-state index < -0.39 is 8.32 Å². The second-order valence-electron chi connectivity index (χ2n) is 2.61. The molecule has 0 heterocycles. The van der Waals surface area contributed by atoms with E-state index in [2.05, 4.69) is 6.58 Å². The summed E-state index contributed by atoms with van der Waals surface area (Å²) < 4.78 is 4.94. The minimum Gasteiger partial charge on any atom is -0.520 e. The predicted molar refractivity (Wildman–Crippen MR) is 36.2 cm³/mol. The summed E-state index contributed by atoms with van der Waals surface area (Å²) in [6.07, 6.45) is 0. The van der Waals surface area contributed by atoms with Gasteiger partial charge in [0.2, 0.25) is 8.32 Å². The van der Waals surface area contributed by atoms with Crippen LogP contribution < -0.4 is 0 Å². The molecule has 0 spiro atoms. The van der Waals surface area contributed by atoms with Gasteiger partial charge in [-0.2, -0.15) is 0 Å². The lowest BCUT2D eigenvalue weighted by Crippen LogP contribution is -2.24. The fourth-order valence-electron chi connectivity index (χ4n) is 0.353. The molecule has 0 aliphatic heterocycles. The third-order valence-corrected chi connectivity index (χ3v) is 1.27. The van der Waals surface area contributed by atoms with Crippen LogP contribution in [-0.4, -0.2) is 13.4 Å². The Hall–Kier alpha value is -0.443. The number of aliphatic hydroxyl groups excluding tert-OH is 1. The number of hydrogen-bond acceptors (Lipinski definition) is 2. The van der Waals surface area contributed by atoms with E-state index in [1.807, 2.05) is 19.6 Å². The molecule has 0 fully saturated rings. The van der Waals surface area contributed by atoms with Gasteiger partial charge in [0.1, 0.15) is 0 Å². The van der Waals surface area contributed by atoms with E-state index in [1.54, 1.807) is 0 Å². The Kier molecular flexibility index (Phi) is 2.09.